The normalized spacial score (nSPS) is 11.3. The highest BCUT2D eigenvalue weighted by Crippen LogP contribution is 2.11. The second kappa shape index (κ2) is 11.1. The third kappa shape index (κ3) is 7.44. The first-order valence-electron chi connectivity index (χ1n) is 8.53. The maximum Gasteiger partial charge on any atom is 0.193 e. The molecule has 0 spiro atoms. The van der Waals surface area contributed by atoms with Gasteiger partial charge in [-0.15, -0.1) is 24.0 Å². The minimum absolute atomic E-state index is 0. The number of nitrogens with one attached hydrogen (secondary N) is 1. The molecule has 3 N–H and O–H groups in total. The van der Waals surface area contributed by atoms with E-state index in [1.807, 2.05) is 12.1 Å². The Morgan fingerprint density at radius 3 is 2.44 bits per heavy atom. The molecule has 25 heavy (non-hydrogen) atoms. The van der Waals surface area contributed by atoms with Crippen molar-refractivity contribution in [1.29, 1.82) is 0 Å². The highest BCUT2D eigenvalue weighted by atomic mass is 127. The molecule has 0 amide bonds. The number of halogens is 1. The van der Waals surface area contributed by atoms with Crippen LogP contribution >= 0.6 is 24.0 Å². The van der Waals surface area contributed by atoms with E-state index in [1.54, 1.807) is 0 Å². The van der Waals surface area contributed by atoms with Gasteiger partial charge in [0.05, 0.1) is 6.54 Å². The van der Waals surface area contributed by atoms with Crippen LogP contribution in [0.3, 0.4) is 0 Å². The topological polar surface area (TPSA) is 53.6 Å². The first kappa shape index (κ1) is 21.4. The lowest BCUT2D eigenvalue weighted by molar-refractivity contribution is 0.345. The third-order valence-corrected chi connectivity index (χ3v) is 4.02. The Bertz CT molecular complexity index is 685. The van der Waals surface area contributed by atoms with E-state index >= 15 is 0 Å². The minimum Gasteiger partial charge on any atom is -0.370 e. The lowest BCUT2D eigenvalue weighted by Gasteiger charge is -2.14. The number of anilines is 1. The van der Waals surface area contributed by atoms with Gasteiger partial charge in [-0.2, -0.15) is 0 Å². The van der Waals surface area contributed by atoms with E-state index in [1.165, 1.54) is 16.7 Å². The second-order valence-electron chi connectivity index (χ2n) is 6.03. The monoisotopic (exact) mass is 452 g/mol. The van der Waals surface area contributed by atoms with Gasteiger partial charge in [0.2, 0.25) is 0 Å². The number of aliphatic imine (C=N–C) groups is 1. The molecule has 2 rings (SSSR count). The van der Waals surface area contributed by atoms with E-state index in [0.29, 0.717) is 12.5 Å². The molecule has 0 fully saturated rings. The first-order chi connectivity index (χ1) is 11.6. The van der Waals surface area contributed by atoms with Crippen molar-refractivity contribution in [3.8, 4) is 0 Å². The molecule has 0 atom stereocenters. The number of benzene rings is 2. The van der Waals surface area contributed by atoms with Crippen LogP contribution in [0, 0.1) is 0 Å². The van der Waals surface area contributed by atoms with Gasteiger partial charge in [0.1, 0.15) is 0 Å². The smallest absolute Gasteiger partial charge is 0.193 e. The number of guanidine groups is 1. The van der Waals surface area contributed by atoms with Crippen molar-refractivity contribution in [2.24, 2.45) is 10.7 Å². The van der Waals surface area contributed by atoms with Crippen LogP contribution in [-0.4, -0.2) is 24.5 Å². The zero-order valence-corrected chi connectivity index (χ0v) is 17.7. The number of rotatable bonds is 7. The molecule has 136 valence electrons. The number of aryl methyl sites for hydroxylation is 1. The van der Waals surface area contributed by atoms with Crippen LogP contribution < -0.4 is 11.1 Å². The van der Waals surface area contributed by atoms with Gasteiger partial charge in [-0.1, -0.05) is 50.2 Å². The molecule has 0 aromatic heterocycles. The molecule has 0 aliphatic rings. The molecular formula is C20H29IN4. The molecule has 0 bridgehead atoms. The molecular weight excluding hydrogens is 423 g/mol. The van der Waals surface area contributed by atoms with Gasteiger partial charge in [0.25, 0.3) is 0 Å². The lowest BCUT2D eigenvalue weighted by Crippen LogP contribution is -2.22. The quantitative estimate of drug-likeness (QED) is 0.375. The van der Waals surface area contributed by atoms with Crippen LogP contribution in [0.5, 0.6) is 0 Å². The number of nitrogens with two attached hydrogens (primary N) is 1. The molecule has 2 aromatic rings. The summed E-state index contributed by atoms with van der Waals surface area (Å²) in [7, 11) is 2.12. The Morgan fingerprint density at radius 1 is 1.04 bits per heavy atom. The summed E-state index contributed by atoms with van der Waals surface area (Å²) in [5.41, 5.74) is 10.7. The maximum absolute atomic E-state index is 6.02. The Labute approximate surface area is 168 Å². The predicted molar refractivity (Wildman–Crippen MR) is 119 cm³/mol. The molecule has 0 heterocycles. The van der Waals surface area contributed by atoms with Crippen molar-refractivity contribution in [2.75, 3.05) is 18.9 Å². The van der Waals surface area contributed by atoms with Crippen molar-refractivity contribution < 1.29 is 0 Å². The summed E-state index contributed by atoms with van der Waals surface area (Å²) in [5, 5.41) is 3.16. The van der Waals surface area contributed by atoms with Crippen molar-refractivity contribution in [2.45, 2.75) is 33.4 Å². The summed E-state index contributed by atoms with van der Waals surface area (Å²) >= 11 is 0. The van der Waals surface area contributed by atoms with E-state index in [0.717, 1.165) is 25.2 Å². The number of nitrogens with zero attached hydrogens (tertiary/aromatic N) is 2. The van der Waals surface area contributed by atoms with E-state index in [4.69, 9.17) is 5.73 Å². The SMILES string of the molecule is CCc1cccc(NC(N)=NCc2cccc(CN(C)CC)c2)c1.I. The Morgan fingerprint density at radius 2 is 1.72 bits per heavy atom. The van der Waals surface area contributed by atoms with Crippen molar-refractivity contribution >= 4 is 35.6 Å². The fraction of sp³-hybridized carbons (Fsp3) is 0.350. The lowest BCUT2D eigenvalue weighted by atomic mass is 10.1. The van der Waals surface area contributed by atoms with Crippen molar-refractivity contribution in [1.82, 2.24) is 4.90 Å². The minimum atomic E-state index is 0. The average molecular weight is 452 g/mol. The highest BCUT2D eigenvalue weighted by molar-refractivity contribution is 14.0. The summed E-state index contributed by atoms with van der Waals surface area (Å²) in [4.78, 5) is 6.73. The van der Waals surface area contributed by atoms with Crippen LogP contribution in [0.1, 0.15) is 30.5 Å². The standard InChI is InChI=1S/C20H28N4.HI/c1-4-16-8-7-11-19(13-16)23-20(21)22-14-17-9-6-10-18(12-17)15-24(3)5-2;/h6-13H,4-5,14-15H2,1-3H3,(H3,21,22,23);1H. The fourth-order valence-corrected chi connectivity index (χ4v) is 2.48. The molecule has 0 aliphatic heterocycles. The second-order valence-corrected chi connectivity index (χ2v) is 6.03. The molecule has 0 aliphatic carbocycles. The van der Waals surface area contributed by atoms with Gasteiger partial charge in [-0.3, -0.25) is 0 Å². The average Bonchev–Trinajstić information content (AvgIpc) is 2.60. The Hall–Kier alpha value is -1.60. The van der Waals surface area contributed by atoms with E-state index in [-0.39, 0.29) is 24.0 Å². The summed E-state index contributed by atoms with van der Waals surface area (Å²) in [6.07, 6.45) is 1.01. The molecule has 0 radical (unpaired) electrons. The van der Waals surface area contributed by atoms with Gasteiger partial charge in [0.15, 0.2) is 5.96 Å². The number of hydrogen-bond donors (Lipinski definition) is 2. The highest BCUT2D eigenvalue weighted by Gasteiger charge is 2.00. The zero-order valence-electron chi connectivity index (χ0n) is 15.3. The Kier molecular flexibility index (Phi) is 9.52. The molecule has 5 heteroatoms. The largest absolute Gasteiger partial charge is 0.370 e. The molecule has 0 saturated carbocycles. The van der Waals surface area contributed by atoms with Crippen LogP contribution in [0.2, 0.25) is 0 Å². The van der Waals surface area contributed by atoms with Gasteiger partial charge in [-0.05, 0) is 48.8 Å². The van der Waals surface area contributed by atoms with E-state index in [9.17, 15) is 0 Å². The maximum atomic E-state index is 6.02. The Balaban J connectivity index is 0.00000312. The van der Waals surface area contributed by atoms with E-state index in [2.05, 4.69) is 72.5 Å². The fourth-order valence-electron chi connectivity index (χ4n) is 2.48. The summed E-state index contributed by atoms with van der Waals surface area (Å²) in [6, 6.07) is 16.8. The molecule has 2 aromatic carbocycles. The third-order valence-electron chi connectivity index (χ3n) is 4.02. The van der Waals surface area contributed by atoms with Crippen LogP contribution in [0.4, 0.5) is 5.69 Å². The van der Waals surface area contributed by atoms with Gasteiger partial charge < -0.3 is 16.0 Å². The summed E-state index contributed by atoms with van der Waals surface area (Å²) in [5.74, 6) is 0.444. The summed E-state index contributed by atoms with van der Waals surface area (Å²) in [6.45, 7) is 6.87. The van der Waals surface area contributed by atoms with E-state index < -0.39 is 0 Å². The van der Waals surface area contributed by atoms with Gasteiger partial charge in [0, 0.05) is 12.2 Å². The van der Waals surface area contributed by atoms with Crippen LogP contribution in [-0.2, 0) is 19.5 Å². The van der Waals surface area contributed by atoms with Gasteiger partial charge >= 0.3 is 0 Å². The first-order valence-corrected chi connectivity index (χ1v) is 8.53. The number of hydrogen-bond acceptors (Lipinski definition) is 2. The summed E-state index contributed by atoms with van der Waals surface area (Å²) < 4.78 is 0. The van der Waals surface area contributed by atoms with Crippen LogP contribution in [0.15, 0.2) is 53.5 Å². The molecule has 4 nitrogen and oxygen atoms in total. The zero-order chi connectivity index (χ0) is 17.4. The molecule has 0 saturated heterocycles. The van der Waals surface area contributed by atoms with Crippen molar-refractivity contribution in [3.63, 3.8) is 0 Å². The van der Waals surface area contributed by atoms with Crippen molar-refractivity contribution in [3.05, 3.63) is 65.2 Å². The van der Waals surface area contributed by atoms with Crippen LogP contribution in [0.25, 0.3) is 0 Å². The molecule has 0 unspecified atom stereocenters. The van der Waals surface area contributed by atoms with Gasteiger partial charge in [-0.25, -0.2) is 4.99 Å². The predicted octanol–water partition coefficient (Wildman–Crippen LogP) is 4.25.